The monoisotopic (exact) mass is 571 g/mol. The van der Waals surface area contributed by atoms with Crippen LogP contribution in [0.25, 0.3) is 0 Å². The van der Waals surface area contributed by atoms with Gasteiger partial charge >= 0.3 is 15.5 Å². The molecule has 1 atom stereocenters. The van der Waals surface area contributed by atoms with E-state index in [9.17, 15) is 21.6 Å². The fourth-order valence-electron chi connectivity index (χ4n) is 3.65. The van der Waals surface area contributed by atoms with Crippen molar-refractivity contribution in [3.8, 4) is 0 Å². The normalized spacial score (nSPS) is 18.4. The molecule has 0 radical (unpaired) electrons. The first-order valence-electron chi connectivity index (χ1n) is 10.3. The van der Waals surface area contributed by atoms with Gasteiger partial charge in [-0.15, -0.1) is 24.0 Å². The molecule has 12 heteroatoms. The standard InChI is InChI=1S/C18H36F3N5O2S.HI/c1-6-14(7-2)16(25(4)5)13-23-17(22-8-3)24-15-9-11-26(12-10-15)29(27,28)18(19,20)21;/h14-16H,6-13H2,1-5H3,(H2,22,23,24);1H. The van der Waals surface area contributed by atoms with Gasteiger partial charge in [-0.2, -0.15) is 17.5 Å². The molecule has 1 aliphatic heterocycles. The third-order valence-electron chi connectivity index (χ3n) is 5.46. The molecule has 2 N–H and O–H groups in total. The lowest BCUT2D eigenvalue weighted by atomic mass is 9.93. The molecule has 0 saturated carbocycles. The van der Waals surface area contributed by atoms with Crippen molar-refractivity contribution in [2.45, 2.75) is 64.0 Å². The molecular formula is C18H37F3IN5O2S. The van der Waals surface area contributed by atoms with Crippen LogP contribution in [0.5, 0.6) is 0 Å². The number of rotatable bonds is 9. The SMILES string of the molecule is CCNC(=NCC(C(CC)CC)N(C)C)NC1CCN(S(=O)(=O)C(F)(F)F)CC1.I. The number of guanidine groups is 1. The number of alkyl halides is 3. The number of nitrogens with one attached hydrogen (secondary N) is 2. The number of hydrogen-bond donors (Lipinski definition) is 2. The van der Waals surface area contributed by atoms with Crippen molar-refractivity contribution in [3.63, 3.8) is 0 Å². The van der Waals surface area contributed by atoms with E-state index >= 15 is 0 Å². The van der Waals surface area contributed by atoms with E-state index in [0.29, 0.717) is 48.2 Å². The van der Waals surface area contributed by atoms with E-state index in [0.717, 1.165) is 12.8 Å². The summed E-state index contributed by atoms with van der Waals surface area (Å²) < 4.78 is 61.7. The molecule has 0 aromatic heterocycles. The van der Waals surface area contributed by atoms with E-state index in [1.54, 1.807) is 0 Å². The molecule has 0 aliphatic carbocycles. The second kappa shape index (κ2) is 13.3. The number of halogens is 4. The van der Waals surface area contributed by atoms with Crippen LogP contribution in [0.2, 0.25) is 0 Å². The minimum Gasteiger partial charge on any atom is -0.357 e. The Morgan fingerprint density at radius 1 is 1.17 bits per heavy atom. The van der Waals surface area contributed by atoms with E-state index < -0.39 is 15.5 Å². The largest absolute Gasteiger partial charge is 0.511 e. The average Bonchev–Trinajstić information content (AvgIpc) is 2.64. The summed E-state index contributed by atoms with van der Waals surface area (Å²) in [4.78, 5) is 6.87. The van der Waals surface area contributed by atoms with Gasteiger partial charge in [0.15, 0.2) is 5.96 Å². The number of likely N-dealkylation sites (N-methyl/N-ethyl adjacent to an activating group) is 1. The summed E-state index contributed by atoms with van der Waals surface area (Å²) >= 11 is 0. The van der Waals surface area contributed by atoms with E-state index in [1.807, 2.05) is 21.0 Å². The van der Waals surface area contributed by atoms with Crippen LogP contribution < -0.4 is 10.6 Å². The maximum absolute atomic E-state index is 12.7. The predicted octanol–water partition coefficient (Wildman–Crippen LogP) is 2.84. The van der Waals surface area contributed by atoms with Crippen molar-refractivity contribution < 1.29 is 21.6 Å². The summed E-state index contributed by atoms with van der Waals surface area (Å²) in [5.74, 6) is 1.13. The Morgan fingerprint density at radius 2 is 1.70 bits per heavy atom. The third-order valence-corrected chi connectivity index (χ3v) is 7.09. The van der Waals surface area contributed by atoms with Crippen molar-refractivity contribution in [1.82, 2.24) is 19.8 Å². The molecule has 1 aliphatic rings. The van der Waals surface area contributed by atoms with E-state index in [4.69, 9.17) is 4.99 Å². The quantitative estimate of drug-likeness (QED) is 0.253. The van der Waals surface area contributed by atoms with E-state index in [1.165, 1.54) is 0 Å². The minimum atomic E-state index is -5.25. The summed E-state index contributed by atoms with van der Waals surface area (Å²) in [5.41, 5.74) is -5.25. The van der Waals surface area contributed by atoms with Crippen LogP contribution in [0.4, 0.5) is 13.2 Å². The van der Waals surface area contributed by atoms with Gasteiger partial charge in [0, 0.05) is 31.7 Å². The molecule has 30 heavy (non-hydrogen) atoms. The summed E-state index contributed by atoms with van der Waals surface area (Å²) in [5, 5.41) is 6.43. The molecule has 0 aromatic rings. The molecule has 1 fully saturated rings. The Morgan fingerprint density at radius 3 is 2.10 bits per heavy atom. The second-order valence-corrected chi connectivity index (χ2v) is 9.53. The topological polar surface area (TPSA) is 77.0 Å². The van der Waals surface area contributed by atoms with Gasteiger partial charge in [-0.05, 0) is 39.8 Å². The van der Waals surface area contributed by atoms with Gasteiger partial charge in [0.25, 0.3) is 0 Å². The molecular weight excluding hydrogens is 534 g/mol. The molecule has 1 unspecified atom stereocenters. The average molecular weight is 571 g/mol. The van der Waals surface area contributed by atoms with Gasteiger partial charge in [0.2, 0.25) is 0 Å². The van der Waals surface area contributed by atoms with Crippen molar-refractivity contribution in [2.24, 2.45) is 10.9 Å². The summed E-state index contributed by atoms with van der Waals surface area (Å²) in [6.45, 7) is 7.22. The zero-order valence-corrected chi connectivity index (χ0v) is 21.6. The highest BCUT2D eigenvalue weighted by Crippen LogP contribution is 2.29. The van der Waals surface area contributed by atoms with Crippen LogP contribution in [0.3, 0.4) is 0 Å². The van der Waals surface area contributed by atoms with Gasteiger partial charge in [-0.1, -0.05) is 26.7 Å². The zero-order chi connectivity index (χ0) is 22.2. The highest BCUT2D eigenvalue weighted by atomic mass is 127. The fourth-order valence-corrected chi connectivity index (χ4v) is 4.64. The summed E-state index contributed by atoms with van der Waals surface area (Å²) in [6, 6.07) is 0.165. The first kappa shape index (κ1) is 29.7. The van der Waals surface area contributed by atoms with Crippen molar-refractivity contribution in [2.75, 3.05) is 40.3 Å². The number of nitrogens with zero attached hydrogens (tertiary/aromatic N) is 3. The van der Waals surface area contributed by atoms with Gasteiger partial charge in [-0.3, -0.25) is 4.99 Å². The number of piperidine rings is 1. The summed E-state index contributed by atoms with van der Waals surface area (Å²) in [7, 11) is -1.18. The fraction of sp³-hybridized carbons (Fsp3) is 0.944. The van der Waals surface area contributed by atoms with Gasteiger partial charge in [0.1, 0.15) is 0 Å². The Kier molecular flexibility index (Phi) is 13.1. The van der Waals surface area contributed by atoms with Crippen LogP contribution in [-0.2, 0) is 10.0 Å². The summed E-state index contributed by atoms with van der Waals surface area (Å²) in [6.07, 6.45) is 2.71. The lowest BCUT2D eigenvalue weighted by Crippen LogP contribution is -2.52. The molecule has 0 spiro atoms. The van der Waals surface area contributed by atoms with Crippen LogP contribution in [0.15, 0.2) is 4.99 Å². The number of aliphatic imine (C=N–C) groups is 1. The van der Waals surface area contributed by atoms with Crippen LogP contribution in [0, 0.1) is 5.92 Å². The smallest absolute Gasteiger partial charge is 0.357 e. The maximum atomic E-state index is 12.7. The second-order valence-electron chi connectivity index (χ2n) is 7.60. The number of hydrogen-bond acceptors (Lipinski definition) is 4. The van der Waals surface area contributed by atoms with E-state index in [-0.39, 0.29) is 43.1 Å². The molecule has 0 amide bonds. The molecule has 1 heterocycles. The zero-order valence-electron chi connectivity index (χ0n) is 18.5. The first-order valence-corrected chi connectivity index (χ1v) is 11.7. The maximum Gasteiger partial charge on any atom is 0.511 e. The third kappa shape index (κ3) is 8.30. The minimum absolute atomic E-state index is 0. The van der Waals surface area contributed by atoms with Crippen molar-refractivity contribution >= 4 is 40.0 Å². The molecule has 7 nitrogen and oxygen atoms in total. The molecule has 0 bridgehead atoms. The van der Waals surface area contributed by atoms with Gasteiger partial charge < -0.3 is 15.5 Å². The first-order chi connectivity index (χ1) is 13.5. The van der Waals surface area contributed by atoms with Crippen molar-refractivity contribution in [3.05, 3.63) is 0 Å². The Balaban J connectivity index is 0.00000841. The number of sulfonamides is 1. The van der Waals surface area contributed by atoms with Crippen LogP contribution >= 0.6 is 24.0 Å². The van der Waals surface area contributed by atoms with Crippen molar-refractivity contribution in [1.29, 1.82) is 0 Å². The Bertz CT molecular complexity index is 620. The Hall–Kier alpha value is -0.340. The molecule has 1 saturated heterocycles. The lowest BCUT2D eigenvalue weighted by molar-refractivity contribution is -0.0494. The van der Waals surface area contributed by atoms with Crippen LogP contribution in [-0.4, -0.2) is 81.4 Å². The lowest BCUT2D eigenvalue weighted by Gasteiger charge is -2.33. The van der Waals surface area contributed by atoms with E-state index in [2.05, 4.69) is 29.4 Å². The molecule has 1 rings (SSSR count). The van der Waals surface area contributed by atoms with Crippen LogP contribution in [0.1, 0.15) is 46.5 Å². The molecule has 0 aromatic carbocycles. The predicted molar refractivity (Wildman–Crippen MR) is 126 cm³/mol. The highest BCUT2D eigenvalue weighted by Gasteiger charge is 2.50. The van der Waals surface area contributed by atoms with Gasteiger partial charge in [-0.25, -0.2) is 8.42 Å². The highest BCUT2D eigenvalue weighted by molar-refractivity contribution is 14.0. The Labute approximate surface area is 196 Å². The molecule has 180 valence electrons. The van der Waals surface area contributed by atoms with Gasteiger partial charge in [0.05, 0.1) is 6.54 Å².